The Labute approximate surface area is 150 Å². The Morgan fingerprint density at radius 1 is 0.692 bits per heavy atom. The van der Waals surface area contributed by atoms with Crippen molar-refractivity contribution in [1.29, 1.82) is 0 Å². The quantitative estimate of drug-likeness (QED) is 0.460. The molecule has 26 heavy (non-hydrogen) atoms. The predicted octanol–water partition coefficient (Wildman–Crippen LogP) is 5.53. The first-order chi connectivity index (χ1) is 12.8. The molecule has 0 saturated carbocycles. The molecule has 2 aromatic heterocycles. The van der Waals surface area contributed by atoms with Gasteiger partial charge in [-0.2, -0.15) is 0 Å². The lowest BCUT2D eigenvalue weighted by atomic mass is 10.0. The zero-order valence-electron chi connectivity index (χ0n) is 14.0. The second kappa shape index (κ2) is 5.74. The Morgan fingerprint density at radius 3 is 2.04 bits per heavy atom. The van der Waals surface area contributed by atoms with Gasteiger partial charge in [-0.3, -0.25) is 4.40 Å². The average Bonchev–Trinajstić information content (AvgIpc) is 3.10. The second-order valence-corrected chi connectivity index (χ2v) is 6.28. The SMILES string of the molecule is Oc1c(-c2ccccc2)cc(-c2ccccc2)n2c1nc1ccccc12. The molecular weight excluding hydrogens is 320 g/mol. The summed E-state index contributed by atoms with van der Waals surface area (Å²) in [5.41, 5.74) is 6.26. The zero-order valence-corrected chi connectivity index (χ0v) is 14.0. The maximum absolute atomic E-state index is 11.0. The van der Waals surface area contributed by atoms with Gasteiger partial charge in [-0.25, -0.2) is 4.98 Å². The van der Waals surface area contributed by atoms with E-state index in [0.29, 0.717) is 5.65 Å². The fraction of sp³-hybridized carbons (Fsp3) is 0. The van der Waals surface area contributed by atoms with E-state index in [4.69, 9.17) is 4.98 Å². The summed E-state index contributed by atoms with van der Waals surface area (Å²) in [6.45, 7) is 0. The molecule has 124 valence electrons. The van der Waals surface area contributed by atoms with E-state index in [1.54, 1.807) is 0 Å². The summed E-state index contributed by atoms with van der Waals surface area (Å²) in [6.07, 6.45) is 0. The molecule has 0 atom stereocenters. The van der Waals surface area contributed by atoms with Gasteiger partial charge in [-0.1, -0.05) is 72.8 Å². The third-order valence-corrected chi connectivity index (χ3v) is 4.70. The first-order valence-electron chi connectivity index (χ1n) is 8.57. The number of rotatable bonds is 2. The van der Waals surface area contributed by atoms with Crippen LogP contribution in [0.5, 0.6) is 5.75 Å². The number of pyridine rings is 1. The summed E-state index contributed by atoms with van der Waals surface area (Å²) in [4.78, 5) is 4.70. The molecule has 1 N–H and O–H groups in total. The van der Waals surface area contributed by atoms with Crippen LogP contribution in [0.1, 0.15) is 0 Å². The fourth-order valence-electron chi connectivity index (χ4n) is 3.48. The van der Waals surface area contributed by atoms with Crippen LogP contribution in [0, 0.1) is 0 Å². The normalized spacial score (nSPS) is 11.2. The van der Waals surface area contributed by atoms with Gasteiger partial charge in [0.25, 0.3) is 0 Å². The van der Waals surface area contributed by atoms with Gasteiger partial charge in [-0.05, 0) is 29.3 Å². The molecule has 0 saturated heterocycles. The molecule has 0 spiro atoms. The number of aromatic hydroxyl groups is 1. The van der Waals surface area contributed by atoms with Crippen LogP contribution in [-0.2, 0) is 0 Å². The number of hydrogen-bond donors (Lipinski definition) is 1. The standard InChI is InChI=1S/C23H16N2O/c26-22-18(16-9-3-1-4-10-16)15-21(17-11-5-2-6-12-17)25-20-14-8-7-13-19(20)24-23(22)25/h1-15,26H. The zero-order chi connectivity index (χ0) is 17.5. The predicted molar refractivity (Wildman–Crippen MR) is 105 cm³/mol. The third-order valence-electron chi connectivity index (χ3n) is 4.70. The minimum absolute atomic E-state index is 0.201. The number of imidazole rings is 1. The molecule has 0 radical (unpaired) electrons. The molecule has 0 aliphatic carbocycles. The van der Waals surface area contributed by atoms with Gasteiger partial charge in [-0.15, -0.1) is 0 Å². The number of nitrogens with zero attached hydrogens (tertiary/aromatic N) is 2. The minimum Gasteiger partial charge on any atom is -0.504 e. The van der Waals surface area contributed by atoms with Gasteiger partial charge < -0.3 is 5.11 Å². The molecule has 0 amide bonds. The third kappa shape index (κ3) is 2.18. The van der Waals surface area contributed by atoms with Crippen LogP contribution in [0.3, 0.4) is 0 Å². The maximum Gasteiger partial charge on any atom is 0.181 e. The van der Waals surface area contributed by atoms with Crippen LogP contribution in [0.4, 0.5) is 0 Å². The molecule has 5 rings (SSSR count). The highest BCUT2D eigenvalue weighted by Gasteiger charge is 2.18. The Hall–Kier alpha value is -3.59. The largest absolute Gasteiger partial charge is 0.504 e. The summed E-state index contributed by atoms with van der Waals surface area (Å²) in [5, 5.41) is 11.0. The van der Waals surface area contributed by atoms with Crippen LogP contribution in [0.2, 0.25) is 0 Å². The van der Waals surface area contributed by atoms with Crippen LogP contribution in [0.25, 0.3) is 39.1 Å². The van der Waals surface area contributed by atoms with E-state index >= 15 is 0 Å². The van der Waals surface area contributed by atoms with Crippen molar-refractivity contribution in [2.75, 3.05) is 0 Å². The molecule has 3 heteroatoms. The minimum atomic E-state index is 0.201. The van der Waals surface area contributed by atoms with Crippen LogP contribution in [-0.4, -0.2) is 14.5 Å². The molecular formula is C23H16N2O. The molecule has 5 aromatic rings. The van der Waals surface area contributed by atoms with Crippen molar-refractivity contribution in [2.24, 2.45) is 0 Å². The Kier molecular flexibility index (Phi) is 3.25. The molecule has 0 unspecified atom stereocenters. The van der Waals surface area contributed by atoms with E-state index in [2.05, 4.69) is 12.1 Å². The molecule has 0 fully saturated rings. The van der Waals surface area contributed by atoms with Gasteiger partial charge >= 0.3 is 0 Å². The van der Waals surface area contributed by atoms with Crippen molar-refractivity contribution in [1.82, 2.24) is 9.38 Å². The smallest absolute Gasteiger partial charge is 0.181 e. The monoisotopic (exact) mass is 336 g/mol. The van der Waals surface area contributed by atoms with E-state index in [0.717, 1.165) is 33.4 Å². The maximum atomic E-state index is 11.0. The summed E-state index contributed by atoms with van der Waals surface area (Å²) >= 11 is 0. The van der Waals surface area contributed by atoms with E-state index in [9.17, 15) is 5.11 Å². The van der Waals surface area contributed by atoms with Gasteiger partial charge in [0.05, 0.1) is 16.7 Å². The van der Waals surface area contributed by atoms with Gasteiger partial charge in [0.15, 0.2) is 11.4 Å². The van der Waals surface area contributed by atoms with Crippen molar-refractivity contribution >= 4 is 16.7 Å². The highest BCUT2D eigenvalue weighted by Crippen LogP contribution is 2.38. The Balaban J connectivity index is 1.95. The second-order valence-electron chi connectivity index (χ2n) is 6.28. The fourth-order valence-corrected chi connectivity index (χ4v) is 3.48. The Bertz CT molecular complexity index is 1230. The average molecular weight is 336 g/mol. The lowest BCUT2D eigenvalue weighted by molar-refractivity contribution is 0.480. The van der Waals surface area contributed by atoms with Gasteiger partial charge in [0.2, 0.25) is 0 Å². The highest BCUT2D eigenvalue weighted by atomic mass is 16.3. The van der Waals surface area contributed by atoms with Crippen LogP contribution >= 0.6 is 0 Å². The number of benzene rings is 3. The topological polar surface area (TPSA) is 37.5 Å². The van der Waals surface area contributed by atoms with Gasteiger partial charge in [0, 0.05) is 5.56 Å². The number of para-hydroxylation sites is 2. The summed E-state index contributed by atoms with van der Waals surface area (Å²) in [6, 6.07) is 30.1. The summed E-state index contributed by atoms with van der Waals surface area (Å²) < 4.78 is 2.03. The molecule has 2 heterocycles. The van der Waals surface area contributed by atoms with E-state index in [1.807, 2.05) is 83.3 Å². The number of hydrogen-bond acceptors (Lipinski definition) is 2. The van der Waals surface area contributed by atoms with Gasteiger partial charge in [0.1, 0.15) is 0 Å². The molecule has 0 aliphatic rings. The van der Waals surface area contributed by atoms with Crippen molar-refractivity contribution in [3.05, 3.63) is 91.0 Å². The summed E-state index contributed by atoms with van der Waals surface area (Å²) in [7, 11) is 0. The number of fused-ring (bicyclic) bond motifs is 3. The first kappa shape index (κ1) is 14.7. The van der Waals surface area contributed by atoms with Crippen molar-refractivity contribution in [3.63, 3.8) is 0 Å². The molecule has 3 aromatic carbocycles. The van der Waals surface area contributed by atoms with E-state index in [1.165, 1.54) is 0 Å². The first-order valence-corrected chi connectivity index (χ1v) is 8.57. The Morgan fingerprint density at radius 2 is 1.31 bits per heavy atom. The lowest BCUT2D eigenvalue weighted by Crippen LogP contribution is -1.95. The van der Waals surface area contributed by atoms with E-state index in [-0.39, 0.29) is 5.75 Å². The van der Waals surface area contributed by atoms with Crippen molar-refractivity contribution < 1.29 is 5.11 Å². The molecule has 3 nitrogen and oxygen atoms in total. The van der Waals surface area contributed by atoms with E-state index < -0.39 is 0 Å². The van der Waals surface area contributed by atoms with Crippen LogP contribution < -0.4 is 0 Å². The number of aromatic nitrogens is 2. The lowest BCUT2D eigenvalue weighted by Gasteiger charge is -2.13. The molecule has 0 aliphatic heterocycles. The van der Waals surface area contributed by atoms with Crippen molar-refractivity contribution in [3.8, 4) is 28.1 Å². The molecule has 0 bridgehead atoms. The summed E-state index contributed by atoms with van der Waals surface area (Å²) in [5.74, 6) is 0.201. The van der Waals surface area contributed by atoms with Crippen molar-refractivity contribution in [2.45, 2.75) is 0 Å². The van der Waals surface area contributed by atoms with Crippen LogP contribution in [0.15, 0.2) is 91.0 Å². The highest BCUT2D eigenvalue weighted by molar-refractivity contribution is 5.90.